The quantitative estimate of drug-likeness (QED) is 0.697. The molecule has 0 spiro atoms. The van der Waals surface area contributed by atoms with Gasteiger partial charge in [-0.3, -0.25) is 9.59 Å². The van der Waals surface area contributed by atoms with E-state index >= 15 is 0 Å². The second-order valence-corrected chi connectivity index (χ2v) is 9.85. The summed E-state index contributed by atoms with van der Waals surface area (Å²) in [7, 11) is 0. The van der Waals surface area contributed by atoms with Crippen molar-refractivity contribution in [1.82, 2.24) is 25.1 Å². The standard InChI is InChI=1S/C28H35N5O3/c1-2-30-20-25(34)32-24(33(30)28(36)29-18-21-12-6-3-7-13-21)19-31(23-16-10-5-11-17-23)27(35)26(32)22-14-8-4-9-15-22/h3-4,6-9,12-15,23-24,26H,2,5,10-11,16-20H2,1H3,(H,29,36)/t24-,26-/m0/s1. The third-order valence-corrected chi connectivity index (χ3v) is 7.66. The summed E-state index contributed by atoms with van der Waals surface area (Å²) in [6.07, 6.45) is 4.75. The molecule has 2 aromatic rings. The summed E-state index contributed by atoms with van der Waals surface area (Å²) in [5.41, 5.74) is 1.79. The molecule has 1 saturated carbocycles. The Morgan fingerprint density at radius 1 is 0.944 bits per heavy atom. The largest absolute Gasteiger partial charge is 0.334 e. The lowest BCUT2D eigenvalue weighted by Gasteiger charge is -2.56. The third-order valence-electron chi connectivity index (χ3n) is 7.66. The highest BCUT2D eigenvalue weighted by Crippen LogP contribution is 2.37. The maximum Gasteiger partial charge on any atom is 0.334 e. The van der Waals surface area contributed by atoms with Crippen LogP contribution in [0.5, 0.6) is 0 Å². The van der Waals surface area contributed by atoms with Crippen LogP contribution in [0.15, 0.2) is 60.7 Å². The fraction of sp³-hybridized carbons (Fsp3) is 0.464. The van der Waals surface area contributed by atoms with Crippen LogP contribution in [-0.4, -0.2) is 69.5 Å². The number of nitrogens with zero attached hydrogens (tertiary/aromatic N) is 4. The third kappa shape index (κ3) is 4.69. The van der Waals surface area contributed by atoms with Crippen molar-refractivity contribution in [3.63, 3.8) is 0 Å². The van der Waals surface area contributed by atoms with Crippen molar-refractivity contribution in [3.8, 4) is 0 Å². The van der Waals surface area contributed by atoms with Crippen molar-refractivity contribution in [2.24, 2.45) is 0 Å². The number of benzene rings is 2. The molecule has 5 rings (SSSR count). The molecular formula is C28H35N5O3. The van der Waals surface area contributed by atoms with Crippen molar-refractivity contribution in [2.75, 3.05) is 19.6 Å². The number of hydrazine groups is 1. The first-order valence-electron chi connectivity index (χ1n) is 13.1. The summed E-state index contributed by atoms with van der Waals surface area (Å²) in [6, 6.07) is 18.4. The number of fused-ring (bicyclic) bond motifs is 1. The SMILES string of the molecule is CCN1CC(=O)N2[C@@H](c3ccccc3)C(=O)N(C3CCCCC3)C[C@@H]2N1C(=O)NCc1ccccc1. The fourth-order valence-corrected chi connectivity index (χ4v) is 5.85. The fourth-order valence-electron chi connectivity index (χ4n) is 5.85. The van der Waals surface area contributed by atoms with Crippen LogP contribution in [0.4, 0.5) is 4.79 Å². The first-order valence-corrected chi connectivity index (χ1v) is 13.1. The first-order chi connectivity index (χ1) is 17.6. The maximum absolute atomic E-state index is 14.0. The highest BCUT2D eigenvalue weighted by molar-refractivity contribution is 5.92. The van der Waals surface area contributed by atoms with E-state index in [2.05, 4.69) is 5.32 Å². The topological polar surface area (TPSA) is 76.2 Å². The number of rotatable bonds is 5. The number of carbonyl (C=O) groups is 3. The number of carbonyl (C=O) groups excluding carboxylic acids is 3. The van der Waals surface area contributed by atoms with Crippen LogP contribution < -0.4 is 5.32 Å². The molecular weight excluding hydrogens is 454 g/mol. The molecule has 0 unspecified atom stereocenters. The minimum absolute atomic E-state index is 0.0349. The molecule has 8 nitrogen and oxygen atoms in total. The van der Waals surface area contributed by atoms with Crippen LogP contribution in [0.2, 0.25) is 0 Å². The Balaban J connectivity index is 1.49. The van der Waals surface area contributed by atoms with Gasteiger partial charge in [0.05, 0.1) is 13.1 Å². The predicted molar refractivity (Wildman–Crippen MR) is 136 cm³/mol. The predicted octanol–water partition coefficient (Wildman–Crippen LogP) is 3.52. The van der Waals surface area contributed by atoms with E-state index < -0.39 is 12.2 Å². The Hall–Kier alpha value is -3.39. The van der Waals surface area contributed by atoms with Crippen LogP contribution in [0.25, 0.3) is 0 Å². The molecule has 1 aliphatic carbocycles. The molecule has 2 atom stereocenters. The molecule has 2 heterocycles. The van der Waals surface area contributed by atoms with Crippen LogP contribution in [-0.2, 0) is 16.1 Å². The number of hydrogen-bond acceptors (Lipinski definition) is 4. The average Bonchev–Trinajstić information content (AvgIpc) is 2.93. The molecule has 2 saturated heterocycles. The van der Waals surface area contributed by atoms with Gasteiger partial charge in [-0.1, -0.05) is 86.8 Å². The molecule has 190 valence electrons. The second kappa shape index (κ2) is 10.7. The Bertz CT molecular complexity index is 1070. The minimum atomic E-state index is -0.734. The summed E-state index contributed by atoms with van der Waals surface area (Å²) in [4.78, 5) is 44.7. The number of nitrogens with one attached hydrogen (secondary N) is 1. The maximum atomic E-state index is 14.0. The van der Waals surface area contributed by atoms with Gasteiger partial charge in [-0.05, 0) is 24.0 Å². The lowest BCUT2D eigenvalue weighted by Crippen LogP contribution is -2.75. The van der Waals surface area contributed by atoms with Crippen molar-refractivity contribution >= 4 is 17.8 Å². The van der Waals surface area contributed by atoms with Gasteiger partial charge >= 0.3 is 6.03 Å². The number of hydrogen-bond donors (Lipinski definition) is 1. The second-order valence-electron chi connectivity index (χ2n) is 9.85. The van der Waals surface area contributed by atoms with E-state index in [1.165, 1.54) is 6.42 Å². The molecule has 0 bridgehead atoms. The Kier molecular flexibility index (Phi) is 7.23. The van der Waals surface area contributed by atoms with Crippen molar-refractivity contribution in [1.29, 1.82) is 0 Å². The highest BCUT2D eigenvalue weighted by atomic mass is 16.2. The smallest absolute Gasteiger partial charge is 0.334 e. The van der Waals surface area contributed by atoms with E-state index in [1.54, 1.807) is 14.9 Å². The van der Waals surface area contributed by atoms with Gasteiger partial charge in [0.25, 0.3) is 0 Å². The molecule has 2 aliphatic heterocycles. The number of piperazine rings is 1. The summed E-state index contributed by atoms with van der Waals surface area (Å²) >= 11 is 0. The van der Waals surface area contributed by atoms with Crippen molar-refractivity contribution in [3.05, 3.63) is 71.8 Å². The molecule has 8 heteroatoms. The molecule has 1 N–H and O–H groups in total. The summed E-state index contributed by atoms with van der Waals surface area (Å²) < 4.78 is 0. The highest BCUT2D eigenvalue weighted by Gasteiger charge is 2.52. The van der Waals surface area contributed by atoms with Crippen LogP contribution in [0.1, 0.15) is 56.2 Å². The van der Waals surface area contributed by atoms with E-state index in [1.807, 2.05) is 72.5 Å². The Morgan fingerprint density at radius 2 is 1.61 bits per heavy atom. The molecule has 3 fully saturated rings. The molecule has 0 radical (unpaired) electrons. The summed E-state index contributed by atoms with van der Waals surface area (Å²) in [5, 5.41) is 6.53. The van der Waals surface area contributed by atoms with Gasteiger partial charge in [0.15, 0.2) is 0 Å². The van der Waals surface area contributed by atoms with E-state index in [-0.39, 0.29) is 30.4 Å². The Morgan fingerprint density at radius 3 is 2.28 bits per heavy atom. The van der Waals surface area contributed by atoms with E-state index in [0.29, 0.717) is 19.6 Å². The minimum Gasteiger partial charge on any atom is -0.334 e. The van der Waals surface area contributed by atoms with E-state index in [9.17, 15) is 14.4 Å². The number of likely N-dealkylation sites (N-methyl/N-ethyl adjacent to an activating group) is 1. The lowest BCUT2D eigenvalue weighted by molar-refractivity contribution is -0.193. The molecule has 2 aromatic carbocycles. The summed E-state index contributed by atoms with van der Waals surface area (Å²) in [5.74, 6) is -0.160. The molecule has 4 amide bonds. The molecule has 0 aromatic heterocycles. The summed E-state index contributed by atoms with van der Waals surface area (Å²) in [6.45, 7) is 3.24. The molecule has 36 heavy (non-hydrogen) atoms. The van der Waals surface area contributed by atoms with Gasteiger partial charge in [0.2, 0.25) is 11.8 Å². The molecule has 3 aliphatic rings. The van der Waals surface area contributed by atoms with Gasteiger partial charge in [0, 0.05) is 19.1 Å². The van der Waals surface area contributed by atoms with Crippen molar-refractivity contribution in [2.45, 2.75) is 63.8 Å². The zero-order valence-corrected chi connectivity index (χ0v) is 20.9. The normalized spacial score (nSPS) is 23.5. The van der Waals surface area contributed by atoms with Gasteiger partial charge in [-0.2, -0.15) is 0 Å². The zero-order valence-electron chi connectivity index (χ0n) is 20.9. The van der Waals surface area contributed by atoms with Gasteiger partial charge in [0.1, 0.15) is 12.2 Å². The zero-order chi connectivity index (χ0) is 25.1. The first kappa shape index (κ1) is 24.3. The number of amides is 4. The van der Waals surface area contributed by atoms with E-state index in [4.69, 9.17) is 0 Å². The van der Waals surface area contributed by atoms with Crippen LogP contribution in [0, 0.1) is 0 Å². The van der Waals surface area contributed by atoms with Gasteiger partial charge < -0.3 is 15.1 Å². The van der Waals surface area contributed by atoms with Gasteiger partial charge in [-0.15, -0.1) is 0 Å². The monoisotopic (exact) mass is 489 g/mol. The Labute approximate surface area is 212 Å². The average molecular weight is 490 g/mol. The van der Waals surface area contributed by atoms with Gasteiger partial charge in [-0.25, -0.2) is 14.8 Å². The number of urea groups is 1. The van der Waals surface area contributed by atoms with Crippen LogP contribution in [0.3, 0.4) is 0 Å². The van der Waals surface area contributed by atoms with Crippen LogP contribution >= 0.6 is 0 Å². The van der Waals surface area contributed by atoms with E-state index in [0.717, 1.165) is 36.8 Å². The lowest BCUT2D eigenvalue weighted by atomic mass is 9.91. The van der Waals surface area contributed by atoms with Crippen molar-refractivity contribution < 1.29 is 14.4 Å².